The molecule has 2 saturated heterocycles. The lowest BCUT2D eigenvalue weighted by Crippen LogP contribution is -2.50. The van der Waals surface area contributed by atoms with E-state index in [4.69, 9.17) is 14.2 Å². The average Bonchev–Trinajstić information content (AvgIpc) is 2.95. The van der Waals surface area contributed by atoms with Crippen molar-refractivity contribution >= 4 is 22.0 Å². The van der Waals surface area contributed by atoms with Crippen LogP contribution in [-0.4, -0.2) is 57.0 Å². The normalized spacial score (nSPS) is 31.5. The molecular weight excluding hydrogens is 450 g/mol. The maximum Gasteiger partial charge on any atom is 0.410 e. The van der Waals surface area contributed by atoms with Crippen LogP contribution in [0.3, 0.4) is 0 Å². The van der Waals surface area contributed by atoms with Gasteiger partial charge in [0, 0.05) is 24.5 Å². The molecule has 1 aromatic heterocycles. The first kappa shape index (κ1) is 21.8. The SMILES string of the molecule is CC(C)(C)OC(=O)N1C2CCC1CC(OC1CCC(Oc3ncc(Br)cn3)CC1)C2. The summed E-state index contributed by atoms with van der Waals surface area (Å²) in [4.78, 5) is 23.0. The Hall–Kier alpha value is -1.41. The highest BCUT2D eigenvalue weighted by molar-refractivity contribution is 9.10. The van der Waals surface area contributed by atoms with Gasteiger partial charge >= 0.3 is 12.1 Å². The van der Waals surface area contributed by atoms with E-state index in [-0.39, 0.29) is 36.5 Å². The molecule has 0 aromatic carbocycles. The molecular formula is C22H32BrN3O4. The summed E-state index contributed by atoms with van der Waals surface area (Å²) >= 11 is 3.34. The Kier molecular flexibility index (Phi) is 6.53. The number of aromatic nitrogens is 2. The molecule has 1 aliphatic carbocycles. The monoisotopic (exact) mass is 481 g/mol. The van der Waals surface area contributed by atoms with Gasteiger partial charge in [0.15, 0.2) is 0 Å². The van der Waals surface area contributed by atoms with Crippen molar-refractivity contribution < 1.29 is 19.0 Å². The lowest BCUT2D eigenvalue weighted by Gasteiger charge is -2.41. The molecule has 4 rings (SSSR count). The predicted octanol–water partition coefficient (Wildman–Crippen LogP) is 4.88. The summed E-state index contributed by atoms with van der Waals surface area (Å²) in [6.07, 6.45) is 11.7. The van der Waals surface area contributed by atoms with E-state index in [2.05, 4.69) is 25.9 Å². The number of rotatable bonds is 4. The molecule has 1 aromatic rings. The van der Waals surface area contributed by atoms with Gasteiger partial charge in [-0.3, -0.25) is 0 Å². The zero-order valence-electron chi connectivity index (χ0n) is 18.1. The van der Waals surface area contributed by atoms with Gasteiger partial charge in [0.1, 0.15) is 11.7 Å². The molecule has 0 spiro atoms. The molecule has 8 heteroatoms. The van der Waals surface area contributed by atoms with Crippen LogP contribution in [0.15, 0.2) is 16.9 Å². The number of hydrogen-bond acceptors (Lipinski definition) is 6. The molecule has 0 radical (unpaired) electrons. The zero-order valence-corrected chi connectivity index (χ0v) is 19.6. The van der Waals surface area contributed by atoms with E-state index >= 15 is 0 Å². The van der Waals surface area contributed by atoms with Crippen LogP contribution in [0.1, 0.15) is 72.1 Å². The highest BCUT2D eigenvalue weighted by atomic mass is 79.9. The summed E-state index contributed by atoms with van der Waals surface area (Å²) in [6, 6.07) is 0.935. The minimum absolute atomic E-state index is 0.149. The Morgan fingerprint density at radius 1 is 0.967 bits per heavy atom. The second kappa shape index (κ2) is 8.99. The Labute approximate surface area is 187 Å². The van der Waals surface area contributed by atoms with Crippen molar-refractivity contribution in [2.75, 3.05) is 0 Å². The highest BCUT2D eigenvalue weighted by Gasteiger charge is 2.45. The van der Waals surface area contributed by atoms with Crippen LogP contribution in [0.2, 0.25) is 0 Å². The molecule has 166 valence electrons. The number of hydrogen-bond donors (Lipinski definition) is 0. The first-order chi connectivity index (χ1) is 14.3. The summed E-state index contributed by atoms with van der Waals surface area (Å²) in [5.41, 5.74) is -0.453. The van der Waals surface area contributed by atoms with Crippen LogP contribution < -0.4 is 4.74 Å². The van der Waals surface area contributed by atoms with Gasteiger partial charge in [-0.2, -0.15) is 0 Å². The lowest BCUT2D eigenvalue weighted by atomic mass is 9.93. The quantitative estimate of drug-likeness (QED) is 0.610. The van der Waals surface area contributed by atoms with Crippen molar-refractivity contribution in [2.45, 2.75) is 108 Å². The highest BCUT2D eigenvalue weighted by Crippen LogP contribution is 2.39. The van der Waals surface area contributed by atoms with Crippen molar-refractivity contribution in [3.8, 4) is 6.01 Å². The Morgan fingerprint density at radius 3 is 2.10 bits per heavy atom. The minimum atomic E-state index is -0.453. The third-order valence-electron chi connectivity index (χ3n) is 6.17. The van der Waals surface area contributed by atoms with Gasteiger partial charge in [0.25, 0.3) is 0 Å². The van der Waals surface area contributed by atoms with Gasteiger partial charge in [0.05, 0.1) is 16.7 Å². The second-order valence-electron chi connectivity index (χ2n) is 9.70. The first-order valence-electron chi connectivity index (χ1n) is 11.1. The number of fused-ring (bicyclic) bond motifs is 2. The molecule has 2 aliphatic heterocycles. The fourth-order valence-corrected chi connectivity index (χ4v) is 5.12. The molecule has 1 saturated carbocycles. The first-order valence-corrected chi connectivity index (χ1v) is 11.9. The van der Waals surface area contributed by atoms with Crippen molar-refractivity contribution in [1.82, 2.24) is 14.9 Å². The predicted molar refractivity (Wildman–Crippen MR) is 115 cm³/mol. The van der Waals surface area contributed by atoms with Crippen molar-refractivity contribution in [2.24, 2.45) is 0 Å². The second-order valence-corrected chi connectivity index (χ2v) is 10.6. The number of carbonyl (C=O) groups excluding carboxylic acids is 1. The van der Waals surface area contributed by atoms with E-state index in [1.807, 2.05) is 25.7 Å². The van der Waals surface area contributed by atoms with Gasteiger partial charge in [0.2, 0.25) is 0 Å². The largest absolute Gasteiger partial charge is 0.460 e. The molecule has 3 aliphatic rings. The number of amides is 1. The van der Waals surface area contributed by atoms with Crippen LogP contribution in [0.4, 0.5) is 4.79 Å². The molecule has 2 atom stereocenters. The molecule has 3 heterocycles. The van der Waals surface area contributed by atoms with E-state index in [9.17, 15) is 4.79 Å². The van der Waals surface area contributed by atoms with Crippen LogP contribution in [0.25, 0.3) is 0 Å². The molecule has 2 bridgehead atoms. The maximum absolute atomic E-state index is 12.6. The average molecular weight is 482 g/mol. The zero-order chi connectivity index (χ0) is 21.3. The molecule has 0 N–H and O–H groups in total. The fourth-order valence-electron chi connectivity index (χ4n) is 4.92. The third kappa shape index (κ3) is 5.44. The number of nitrogens with zero attached hydrogens (tertiary/aromatic N) is 3. The Morgan fingerprint density at radius 2 is 1.53 bits per heavy atom. The van der Waals surface area contributed by atoms with Crippen molar-refractivity contribution in [1.29, 1.82) is 0 Å². The van der Waals surface area contributed by atoms with E-state index in [1.165, 1.54) is 0 Å². The van der Waals surface area contributed by atoms with Gasteiger partial charge < -0.3 is 19.1 Å². The number of piperidine rings is 1. The summed E-state index contributed by atoms with van der Waals surface area (Å²) in [5, 5.41) is 0. The van der Waals surface area contributed by atoms with Crippen molar-refractivity contribution in [3.05, 3.63) is 16.9 Å². The number of carbonyl (C=O) groups is 1. The van der Waals surface area contributed by atoms with E-state index < -0.39 is 5.60 Å². The van der Waals surface area contributed by atoms with Crippen LogP contribution in [0.5, 0.6) is 6.01 Å². The molecule has 30 heavy (non-hydrogen) atoms. The van der Waals surface area contributed by atoms with E-state index in [1.54, 1.807) is 12.4 Å². The molecule has 2 unspecified atom stereocenters. The van der Waals surface area contributed by atoms with Gasteiger partial charge in [-0.25, -0.2) is 14.8 Å². The molecule has 3 fully saturated rings. The van der Waals surface area contributed by atoms with E-state index in [0.29, 0.717) is 6.01 Å². The summed E-state index contributed by atoms with van der Waals surface area (Å²) < 4.78 is 18.9. The van der Waals surface area contributed by atoms with Gasteiger partial charge in [-0.15, -0.1) is 0 Å². The third-order valence-corrected chi connectivity index (χ3v) is 6.58. The minimum Gasteiger partial charge on any atom is -0.460 e. The maximum atomic E-state index is 12.6. The van der Waals surface area contributed by atoms with Crippen LogP contribution in [0, 0.1) is 0 Å². The Bertz CT molecular complexity index is 717. The van der Waals surface area contributed by atoms with E-state index in [0.717, 1.165) is 55.8 Å². The van der Waals surface area contributed by atoms with Crippen LogP contribution >= 0.6 is 15.9 Å². The van der Waals surface area contributed by atoms with Gasteiger partial charge in [-0.05, 0) is 88.1 Å². The summed E-state index contributed by atoms with van der Waals surface area (Å²) in [6.45, 7) is 5.77. The standard InChI is InChI=1S/C22H32BrN3O4/c1-22(2,3)30-21(27)26-15-4-5-16(26)11-19(10-15)28-17-6-8-18(9-7-17)29-20-24-12-14(23)13-25-20/h12-13,15-19H,4-11H2,1-3H3. The molecule has 1 amide bonds. The fraction of sp³-hybridized carbons (Fsp3) is 0.773. The summed E-state index contributed by atoms with van der Waals surface area (Å²) in [7, 11) is 0. The Balaban J connectivity index is 1.23. The van der Waals surface area contributed by atoms with Crippen molar-refractivity contribution in [3.63, 3.8) is 0 Å². The smallest absolute Gasteiger partial charge is 0.410 e. The lowest BCUT2D eigenvalue weighted by molar-refractivity contribution is -0.0816. The summed E-state index contributed by atoms with van der Waals surface area (Å²) in [5.74, 6) is 0. The van der Waals surface area contributed by atoms with Crippen LogP contribution in [-0.2, 0) is 9.47 Å². The molecule has 7 nitrogen and oxygen atoms in total. The topological polar surface area (TPSA) is 73.8 Å². The number of halogens is 1. The number of ether oxygens (including phenoxy) is 3. The van der Waals surface area contributed by atoms with Gasteiger partial charge in [-0.1, -0.05) is 0 Å².